The summed E-state index contributed by atoms with van der Waals surface area (Å²) >= 11 is 0. The summed E-state index contributed by atoms with van der Waals surface area (Å²) in [6, 6.07) is 7.89. The van der Waals surface area contributed by atoms with E-state index in [9.17, 15) is 9.59 Å². The maximum atomic E-state index is 14.0. The Morgan fingerprint density at radius 3 is 2.74 bits per heavy atom. The Balaban J connectivity index is 1.44. The van der Waals surface area contributed by atoms with Gasteiger partial charge in [0.05, 0.1) is 18.0 Å². The fraction of sp³-hybridized carbons (Fsp3) is 0.467. The molecule has 2 atom stereocenters. The number of methoxy groups -OCH3 is 1. The van der Waals surface area contributed by atoms with Crippen molar-refractivity contribution in [3.63, 3.8) is 0 Å². The van der Waals surface area contributed by atoms with Gasteiger partial charge in [0.15, 0.2) is 5.78 Å². The molecular weight excluding hydrogens is 480 g/mol. The van der Waals surface area contributed by atoms with Crippen molar-refractivity contribution in [1.29, 1.82) is 0 Å². The van der Waals surface area contributed by atoms with Gasteiger partial charge in [-0.3, -0.25) is 9.89 Å². The van der Waals surface area contributed by atoms with E-state index in [0.29, 0.717) is 30.4 Å². The van der Waals surface area contributed by atoms with Crippen LogP contribution in [0.3, 0.4) is 0 Å². The number of H-pyrrole nitrogens is 1. The van der Waals surface area contributed by atoms with Crippen LogP contribution in [0.2, 0.25) is 0 Å². The molecule has 1 aromatic heterocycles. The number of para-hydroxylation sites is 1. The van der Waals surface area contributed by atoms with Crippen molar-refractivity contribution < 1.29 is 19.1 Å². The number of carbonyl (C=O) groups is 2. The second-order valence-corrected chi connectivity index (χ2v) is 10.8. The summed E-state index contributed by atoms with van der Waals surface area (Å²) in [7, 11) is 1.66. The van der Waals surface area contributed by atoms with Crippen molar-refractivity contribution in [1.82, 2.24) is 20.7 Å². The summed E-state index contributed by atoms with van der Waals surface area (Å²) < 4.78 is 11.7. The van der Waals surface area contributed by atoms with E-state index in [4.69, 9.17) is 9.47 Å². The van der Waals surface area contributed by atoms with Crippen LogP contribution in [0.25, 0.3) is 11.6 Å². The molecule has 1 unspecified atom stereocenters. The van der Waals surface area contributed by atoms with Crippen LogP contribution in [-0.4, -0.2) is 40.4 Å². The highest BCUT2D eigenvalue weighted by Crippen LogP contribution is 2.46. The van der Waals surface area contributed by atoms with Gasteiger partial charge in [0.2, 0.25) is 0 Å². The van der Waals surface area contributed by atoms with E-state index in [1.807, 2.05) is 31.2 Å². The molecule has 1 fully saturated rings. The number of hydrogen-bond donors (Lipinski definition) is 2. The lowest BCUT2D eigenvalue weighted by molar-refractivity contribution is -0.146. The minimum absolute atomic E-state index is 0.0126. The first-order valence-corrected chi connectivity index (χ1v) is 13.7. The zero-order chi connectivity index (χ0) is 26.2. The lowest BCUT2D eigenvalue weighted by Gasteiger charge is -2.38. The van der Waals surface area contributed by atoms with Crippen molar-refractivity contribution in [3.8, 4) is 5.75 Å². The molecule has 38 heavy (non-hydrogen) atoms. The zero-order valence-electron chi connectivity index (χ0n) is 22.0. The average Bonchev–Trinajstić information content (AvgIpc) is 3.42. The molecule has 3 aliphatic carbocycles. The van der Waals surface area contributed by atoms with E-state index in [1.165, 1.54) is 6.42 Å². The first-order valence-electron chi connectivity index (χ1n) is 13.7. The van der Waals surface area contributed by atoms with Crippen LogP contribution in [0.5, 0.6) is 5.75 Å². The highest BCUT2D eigenvalue weighted by atomic mass is 16.5. The Morgan fingerprint density at radius 1 is 1.11 bits per heavy atom. The molecule has 1 aromatic carbocycles. The van der Waals surface area contributed by atoms with Crippen molar-refractivity contribution >= 4 is 23.4 Å². The maximum absolute atomic E-state index is 14.0. The number of ketones is 1. The van der Waals surface area contributed by atoms with E-state index in [2.05, 4.69) is 26.8 Å². The van der Waals surface area contributed by atoms with Crippen LogP contribution >= 0.6 is 0 Å². The molecule has 6 rings (SSSR count). The summed E-state index contributed by atoms with van der Waals surface area (Å²) in [6.07, 6.45) is 9.63. The number of nitrogens with one attached hydrogen (secondary N) is 2. The molecule has 2 N–H and O–H groups in total. The van der Waals surface area contributed by atoms with Crippen molar-refractivity contribution in [2.24, 2.45) is 5.92 Å². The quantitative estimate of drug-likeness (QED) is 0.590. The number of benzene rings is 1. The lowest BCUT2D eigenvalue weighted by Crippen LogP contribution is -2.41. The number of hydrogen-bond acceptors (Lipinski definition) is 7. The van der Waals surface area contributed by atoms with E-state index < -0.39 is 5.92 Å². The van der Waals surface area contributed by atoms with Crippen LogP contribution < -0.4 is 20.8 Å². The number of nitrogens with zero attached hydrogens (tertiary/aromatic N) is 2. The predicted octanol–water partition coefficient (Wildman–Crippen LogP) is 3.31. The number of dihydropyridines is 1. The van der Waals surface area contributed by atoms with Crippen molar-refractivity contribution in [3.05, 3.63) is 63.1 Å². The predicted molar refractivity (Wildman–Crippen MR) is 142 cm³/mol. The number of carbonyl (C=O) groups excluding carboxylic acids is 2. The van der Waals surface area contributed by atoms with Gasteiger partial charge in [0.25, 0.3) is 0 Å². The normalized spacial score (nSPS) is 23.8. The van der Waals surface area contributed by atoms with Crippen LogP contribution in [0.1, 0.15) is 76.2 Å². The van der Waals surface area contributed by atoms with Gasteiger partial charge < -0.3 is 14.8 Å². The van der Waals surface area contributed by atoms with Crippen molar-refractivity contribution in [2.45, 2.75) is 76.7 Å². The minimum Gasteiger partial charge on any atom is -0.496 e. The third-order valence-electron chi connectivity index (χ3n) is 8.44. The number of allylic oxidation sites excluding steroid dienone is 3. The van der Waals surface area contributed by atoms with Gasteiger partial charge in [-0.1, -0.05) is 35.9 Å². The minimum atomic E-state index is -0.494. The Morgan fingerprint density at radius 2 is 1.92 bits per heavy atom. The summed E-state index contributed by atoms with van der Waals surface area (Å²) in [5.74, 6) is -0.00465. The molecule has 0 radical (unpaired) electrons. The van der Waals surface area contributed by atoms with Gasteiger partial charge in [-0.25, -0.2) is 4.79 Å². The molecule has 8 heteroatoms. The van der Waals surface area contributed by atoms with Gasteiger partial charge in [0, 0.05) is 35.2 Å². The molecule has 2 aromatic rings. The fourth-order valence-corrected chi connectivity index (χ4v) is 6.67. The van der Waals surface area contributed by atoms with Crippen LogP contribution in [0.15, 0.2) is 46.8 Å². The molecule has 0 amide bonds. The molecule has 2 heterocycles. The number of fused-ring (bicyclic) bond motifs is 1. The molecule has 198 valence electrons. The van der Waals surface area contributed by atoms with E-state index in [1.54, 1.807) is 7.11 Å². The highest BCUT2D eigenvalue weighted by molar-refractivity contribution is 6.05. The lowest BCUT2D eigenvalue weighted by atomic mass is 9.70. The monoisotopic (exact) mass is 514 g/mol. The molecule has 8 nitrogen and oxygen atoms in total. The smallest absolute Gasteiger partial charge is 0.337 e. The number of esters is 1. The molecule has 0 bridgehead atoms. The second kappa shape index (κ2) is 10.2. The fourth-order valence-electron chi connectivity index (χ4n) is 6.67. The molecule has 0 spiro atoms. The Bertz CT molecular complexity index is 1460. The average molecular weight is 515 g/mol. The van der Waals surface area contributed by atoms with Gasteiger partial charge in [0.1, 0.15) is 17.2 Å². The van der Waals surface area contributed by atoms with E-state index >= 15 is 0 Å². The molecule has 0 saturated heterocycles. The Kier molecular flexibility index (Phi) is 6.64. The van der Waals surface area contributed by atoms with Crippen molar-refractivity contribution in [2.75, 3.05) is 7.11 Å². The number of rotatable bonds is 5. The topological polar surface area (TPSA) is 106 Å². The van der Waals surface area contributed by atoms with Crippen LogP contribution in [0.4, 0.5) is 0 Å². The Labute approximate surface area is 221 Å². The highest BCUT2D eigenvalue weighted by Gasteiger charge is 2.43. The number of aromatic nitrogens is 3. The summed E-state index contributed by atoms with van der Waals surface area (Å²) in [5.41, 5.74) is 4.81. The number of aromatic amines is 1. The maximum Gasteiger partial charge on any atom is 0.337 e. The van der Waals surface area contributed by atoms with Gasteiger partial charge in [-0.05, 0) is 69.1 Å². The standard InChI is InChI=1S/C30H34N4O4/c1-17-26(30(36)38-19-9-4-3-5-10-19)27(21-12-8-13-22-29(21)33-34-32-22)28-23(31-17)15-18(16-24(28)35)20-11-6-7-14-25(20)37-2/h6-7,11,13-14,18-19,27,31H,3-5,8-10,12,15-16H2,1-2H3,(H,32,33)/t18?,27-/m1/s1. The third kappa shape index (κ3) is 4.36. The van der Waals surface area contributed by atoms with Gasteiger partial charge >= 0.3 is 5.97 Å². The van der Waals surface area contributed by atoms with E-state index in [0.717, 1.165) is 71.1 Å². The zero-order valence-corrected chi connectivity index (χ0v) is 22.0. The van der Waals surface area contributed by atoms with E-state index in [-0.39, 0.29) is 23.8 Å². The largest absolute Gasteiger partial charge is 0.496 e. The Hall–Kier alpha value is -3.68. The SMILES string of the molecule is COc1ccccc1C1CC(=O)C2=C(C1)NC(C)=C(C(=O)OC1CCCCC1)[C@H]2C1=c2nn[nH]c2=CCC1. The first-order chi connectivity index (χ1) is 18.5. The summed E-state index contributed by atoms with van der Waals surface area (Å²) in [6.45, 7) is 1.92. The third-order valence-corrected chi connectivity index (χ3v) is 8.44. The van der Waals surface area contributed by atoms with Crippen LogP contribution in [0, 0.1) is 5.92 Å². The molecule has 1 aliphatic heterocycles. The summed E-state index contributed by atoms with van der Waals surface area (Å²) in [4.78, 5) is 27.8. The summed E-state index contributed by atoms with van der Waals surface area (Å²) in [5, 5.41) is 16.4. The molecular formula is C30H34N4O4. The number of ether oxygens (including phenoxy) is 2. The molecule has 4 aliphatic rings. The second-order valence-electron chi connectivity index (χ2n) is 10.8. The first kappa shape index (κ1) is 24.6. The molecule has 1 saturated carbocycles. The number of Topliss-reactive ketones (excluding diaryl/α,β-unsaturated/α-hetero) is 1. The van der Waals surface area contributed by atoms with Gasteiger partial charge in [-0.15, -0.1) is 5.10 Å². The van der Waals surface area contributed by atoms with Gasteiger partial charge in [-0.2, -0.15) is 0 Å². The van der Waals surface area contributed by atoms with Crippen LogP contribution in [-0.2, 0) is 14.3 Å².